The number of pyridine rings is 1. The number of aromatic nitrogens is 3. The van der Waals surface area contributed by atoms with Crippen molar-refractivity contribution in [2.45, 2.75) is 32.9 Å². The topological polar surface area (TPSA) is 76.9 Å². The highest BCUT2D eigenvalue weighted by Crippen LogP contribution is 2.12. The summed E-state index contributed by atoms with van der Waals surface area (Å²) in [6, 6.07) is 9.15. The van der Waals surface area contributed by atoms with Crippen LogP contribution in [0.1, 0.15) is 30.5 Å². The molecule has 0 fully saturated rings. The molecule has 0 aliphatic carbocycles. The van der Waals surface area contributed by atoms with Gasteiger partial charge in [0.1, 0.15) is 0 Å². The molecule has 1 amide bonds. The molecular weight excluding hydrogens is 316 g/mol. The Balaban J connectivity index is 1.67. The van der Waals surface area contributed by atoms with E-state index in [2.05, 4.69) is 15.3 Å². The van der Waals surface area contributed by atoms with Crippen LogP contribution in [0.25, 0.3) is 10.9 Å². The number of carbonyl (C=O) groups is 1. The van der Waals surface area contributed by atoms with Gasteiger partial charge in [-0.15, -0.1) is 0 Å². The molecule has 2 heterocycles. The maximum absolute atomic E-state index is 12.5. The van der Waals surface area contributed by atoms with E-state index in [1.165, 1.54) is 10.9 Å². The number of rotatable bonds is 5. The van der Waals surface area contributed by atoms with Crippen LogP contribution in [0.15, 0.2) is 53.8 Å². The number of hydrogen-bond acceptors (Lipinski definition) is 4. The van der Waals surface area contributed by atoms with Crippen molar-refractivity contribution in [2.24, 2.45) is 0 Å². The first-order chi connectivity index (χ1) is 12.1. The molecule has 6 nitrogen and oxygen atoms in total. The van der Waals surface area contributed by atoms with E-state index >= 15 is 0 Å². The number of carbonyl (C=O) groups excluding carboxylic acids is 1. The predicted molar refractivity (Wildman–Crippen MR) is 96.2 cm³/mol. The molecule has 0 aliphatic rings. The summed E-state index contributed by atoms with van der Waals surface area (Å²) < 4.78 is 1.48. The van der Waals surface area contributed by atoms with Gasteiger partial charge in [-0.1, -0.05) is 18.2 Å². The standard InChI is InChI=1S/C19H20N4O2/c1-13-5-3-7-16-18(13)21-12-23(19(16)25)10-8-17(24)22-14(2)15-6-4-9-20-11-15/h3-7,9,11-12,14H,8,10H2,1-2H3,(H,22,24). The molecule has 1 atom stereocenters. The van der Waals surface area contributed by atoms with Crippen LogP contribution in [0.4, 0.5) is 0 Å². The second kappa shape index (κ2) is 7.25. The fourth-order valence-corrected chi connectivity index (χ4v) is 2.75. The monoisotopic (exact) mass is 336 g/mol. The quantitative estimate of drug-likeness (QED) is 0.776. The van der Waals surface area contributed by atoms with Gasteiger partial charge in [0.2, 0.25) is 5.91 Å². The lowest BCUT2D eigenvalue weighted by atomic mass is 10.1. The Morgan fingerprint density at radius 2 is 2.12 bits per heavy atom. The number of hydrogen-bond donors (Lipinski definition) is 1. The largest absolute Gasteiger partial charge is 0.349 e. The molecule has 1 unspecified atom stereocenters. The average molecular weight is 336 g/mol. The summed E-state index contributed by atoms with van der Waals surface area (Å²) in [5.41, 5.74) is 2.49. The van der Waals surface area contributed by atoms with Crippen molar-refractivity contribution in [1.82, 2.24) is 19.9 Å². The smallest absolute Gasteiger partial charge is 0.261 e. The zero-order valence-corrected chi connectivity index (χ0v) is 14.3. The van der Waals surface area contributed by atoms with Crippen LogP contribution in [0.2, 0.25) is 0 Å². The van der Waals surface area contributed by atoms with Crippen molar-refractivity contribution in [3.8, 4) is 0 Å². The highest BCUT2D eigenvalue weighted by atomic mass is 16.2. The number of fused-ring (bicyclic) bond motifs is 1. The Morgan fingerprint density at radius 1 is 1.28 bits per heavy atom. The minimum atomic E-state index is -0.129. The molecule has 0 saturated heterocycles. The van der Waals surface area contributed by atoms with E-state index in [0.717, 1.165) is 11.1 Å². The van der Waals surface area contributed by atoms with Crippen LogP contribution in [-0.2, 0) is 11.3 Å². The lowest BCUT2D eigenvalue weighted by Gasteiger charge is -2.14. The molecule has 3 rings (SSSR count). The van der Waals surface area contributed by atoms with Gasteiger partial charge in [0.05, 0.1) is 23.3 Å². The molecule has 0 radical (unpaired) electrons. The molecule has 128 valence electrons. The van der Waals surface area contributed by atoms with E-state index in [4.69, 9.17) is 0 Å². The second-order valence-corrected chi connectivity index (χ2v) is 6.04. The summed E-state index contributed by atoms with van der Waals surface area (Å²) >= 11 is 0. The lowest BCUT2D eigenvalue weighted by molar-refractivity contribution is -0.121. The van der Waals surface area contributed by atoms with Crippen LogP contribution in [0.3, 0.4) is 0 Å². The number of para-hydroxylation sites is 1. The Labute approximate surface area is 145 Å². The first-order valence-corrected chi connectivity index (χ1v) is 8.20. The second-order valence-electron chi connectivity index (χ2n) is 6.04. The molecular formula is C19H20N4O2. The van der Waals surface area contributed by atoms with Crippen LogP contribution in [0.5, 0.6) is 0 Å². The first-order valence-electron chi connectivity index (χ1n) is 8.20. The normalized spacial score (nSPS) is 12.1. The summed E-state index contributed by atoms with van der Waals surface area (Å²) in [6.07, 6.45) is 5.14. The molecule has 3 aromatic rings. The van der Waals surface area contributed by atoms with Gasteiger partial charge >= 0.3 is 0 Å². The van der Waals surface area contributed by atoms with E-state index in [9.17, 15) is 9.59 Å². The van der Waals surface area contributed by atoms with Crippen molar-refractivity contribution in [3.05, 3.63) is 70.5 Å². The van der Waals surface area contributed by atoms with Crippen molar-refractivity contribution in [1.29, 1.82) is 0 Å². The zero-order valence-electron chi connectivity index (χ0n) is 14.3. The molecule has 0 saturated carbocycles. The highest BCUT2D eigenvalue weighted by molar-refractivity contribution is 5.80. The summed E-state index contributed by atoms with van der Waals surface area (Å²) in [5.74, 6) is -0.118. The molecule has 0 bridgehead atoms. The Kier molecular flexibility index (Phi) is 4.88. The van der Waals surface area contributed by atoms with Gasteiger partial charge in [-0.25, -0.2) is 4.98 Å². The maximum atomic E-state index is 12.5. The average Bonchev–Trinajstić information content (AvgIpc) is 2.62. The third-order valence-corrected chi connectivity index (χ3v) is 4.20. The first kappa shape index (κ1) is 16.8. The lowest BCUT2D eigenvalue weighted by Crippen LogP contribution is -2.29. The van der Waals surface area contributed by atoms with E-state index in [0.29, 0.717) is 17.4 Å². The van der Waals surface area contributed by atoms with Crippen molar-refractivity contribution in [2.75, 3.05) is 0 Å². The van der Waals surface area contributed by atoms with Gasteiger partial charge in [0.15, 0.2) is 0 Å². The summed E-state index contributed by atoms with van der Waals surface area (Å²) in [6.45, 7) is 4.12. The minimum absolute atomic E-state index is 0.118. The fourth-order valence-electron chi connectivity index (χ4n) is 2.75. The predicted octanol–water partition coefficient (Wildman–Crippen LogP) is 2.37. The summed E-state index contributed by atoms with van der Waals surface area (Å²) in [5, 5.41) is 3.49. The minimum Gasteiger partial charge on any atom is -0.349 e. The summed E-state index contributed by atoms with van der Waals surface area (Å²) in [7, 11) is 0. The number of aryl methyl sites for hydroxylation is 2. The van der Waals surface area contributed by atoms with Crippen molar-refractivity contribution >= 4 is 16.8 Å². The fraction of sp³-hybridized carbons (Fsp3) is 0.263. The van der Waals surface area contributed by atoms with Gasteiger partial charge in [0.25, 0.3) is 5.56 Å². The molecule has 1 aromatic carbocycles. The Hall–Kier alpha value is -3.02. The molecule has 2 aromatic heterocycles. The number of benzene rings is 1. The number of nitrogens with one attached hydrogen (secondary N) is 1. The summed E-state index contributed by atoms with van der Waals surface area (Å²) in [4.78, 5) is 33.1. The van der Waals surface area contributed by atoms with E-state index in [-0.39, 0.29) is 23.9 Å². The van der Waals surface area contributed by atoms with E-state index in [1.807, 2.05) is 38.1 Å². The molecule has 6 heteroatoms. The van der Waals surface area contributed by atoms with Gasteiger partial charge < -0.3 is 5.32 Å². The van der Waals surface area contributed by atoms with E-state index in [1.54, 1.807) is 18.5 Å². The number of nitrogens with zero attached hydrogens (tertiary/aromatic N) is 3. The number of amides is 1. The maximum Gasteiger partial charge on any atom is 0.261 e. The van der Waals surface area contributed by atoms with Crippen molar-refractivity contribution < 1.29 is 4.79 Å². The third kappa shape index (κ3) is 3.74. The van der Waals surface area contributed by atoms with E-state index < -0.39 is 0 Å². The third-order valence-electron chi connectivity index (χ3n) is 4.20. The van der Waals surface area contributed by atoms with Gasteiger partial charge in [-0.2, -0.15) is 0 Å². The molecule has 1 N–H and O–H groups in total. The SMILES string of the molecule is Cc1cccc2c(=O)n(CCC(=O)NC(C)c3cccnc3)cnc12. The van der Waals surface area contributed by atoms with Crippen LogP contribution < -0.4 is 10.9 Å². The zero-order chi connectivity index (χ0) is 17.8. The van der Waals surface area contributed by atoms with Crippen LogP contribution >= 0.6 is 0 Å². The van der Waals surface area contributed by atoms with Gasteiger partial charge in [-0.3, -0.25) is 19.1 Å². The Morgan fingerprint density at radius 3 is 2.88 bits per heavy atom. The van der Waals surface area contributed by atoms with Crippen LogP contribution in [0, 0.1) is 6.92 Å². The van der Waals surface area contributed by atoms with Crippen LogP contribution in [-0.4, -0.2) is 20.4 Å². The Bertz CT molecular complexity index is 951. The molecule has 0 aliphatic heterocycles. The van der Waals surface area contributed by atoms with Gasteiger partial charge in [-0.05, 0) is 37.1 Å². The van der Waals surface area contributed by atoms with Crippen molar-refractivity contribution in [3.63, 3.8) is 0 Å². The molecule has 25 heavy (non-hydrogen) atoms. The van der Waals surface area contributed by atoms with Gasteiger partial charge in [0, 0.05) is 25.4 Å². The highest BCUT2D eigenvalue weighted by Gasteiger charge is 2.11. The molecule has 0 spiro atoms.